The van der Waals surface area contributed by atoms with Crippen molar-refractivity contribution in [3.63, 3.8) is 0 Å². The van der Waals surface area contributed by atoms with Crippen molar-refractivity contribution in [2.75, 3.05) is 26.7 Å². The maximum atomic E-state index is 13.2. The predicted octanol–water partition coefficient (Wildman–Crippen LogP) is 2.77. The largest absolute Gasteiger partial charge is 0.496 e. The van der Waals surface area contributed by atoms with Gasteiger partial charge in [-0.05, 0) is 25.1 Å². The Hall–Kier alpha value is -3.06. The number of hydrogen-bond acceptors (Lipinski definition) is 5. The summed E-state index contributed by atoms with van der Waals surface area (Å²) in [5, 5.41) is 10.5. The van der Waals surface area contributed by atoms with Crippen molar-refractivity contribution < 1.29 is 13.9 Å². The van der Waals surface area contributed by atoms with Gasteiger partial charge in [0.15, 0.2) is 11.5 Å². The van der Waals surface area contributed by atoms with Gasteiger partial charge in [0, 0.05) is 31.3 Å². The second-order valence-corrected chi connectivity index (χ2v) is 6.54. The maximum absolute atomic E-state index is 13.2. The molecule has 1 aliphatic rings. The molecule has 0 saturated carbocycles. The molecule has 0 spiro atoms. The van der Waals surface area contributed by atoms with Crippen LogP contribution >= 0.6 is 0 Å². The van der Waals surface area contributed by atoms with Crippen LogP contribution in [-0.2, 0) is 0 Å². The van der Waals surface area contributed by atoms with Crippen molar-refractivity contribution in [3.05, 3.63) is 59.5 Å². The zero-order chi connectivity index (χ0) is 18.8. The van der Waals surface area contributed by atoms with E-state index in [4.69, 9.17) is 9.15 Å². The van der Waals surface area contributed by atoms with Crippen LogP contribution in [0.15, 0.2) is 46.9 Å². The normalized spacial score (nSPS) is 17.1. The van der Waals surface area contributed by atoms with E-state index in [1.165, 1.54) is 0 Å². The quantitative estimate of drug-likeness (QED) is 0.742. The number of furan rings is 1. The number of piperazine rings is 1. The number of carbonyl (C=O) groups is 1. The Labute approximate surface area is 157 Å². The van der Waals surface area contributed by atoms with Crippen LogP contribution in [0.4, 0.5) is 0 Å². The van der Waals surface area contributed by atoms with Gasteiger partial charge in [-0.2, -0.15) is 5.10 Å². The lowest BCUT2D eigenvalue weighted by atomic mass is 10.0. The molecule has 0 bridgehead atoms. The van der Waals surface area contributed by atoms with Gasteiger partial charge in [0.1, 0.15) is 17.2 Å². The number of H-pyrrole nitrogens is 1. The number of amides is 1. The van der Waals surface area contributed by atoms with Gasteiger partial charge >= 0.3 is 0 Å². The Kier molecular flexibility index (Phi) is 4.68. The van der Waals surface area contributed by atoms with Crippen molar-refractivity contribution in [2.45, 2.75) is 13.0 Å². The van der Waals surface area contributed by atoms with E-state index in [2.05, 4.69) is 15.5 Å². The van der Waals surface area contributed by atoms with Gasteiger partial charge < -0.3 is 19.4 Å². The summed E-state index contributed by atoms with van der Waals surface area (Å²) in [6.45, 7) is 3.89. The van der Waals surface area contributed by atoms with Gasteiger partial charge in [0.05, 0.1) is 13.2 Å². The summed E-state index contributed by atoms with van der Waals surface area (Å²) >= 11 is 0. The molecule has 1 aliphatic heterocycles. The van der Waals surface area contributed by atoms with Gasteiger partial charge in [-0.1, -0.05) is 18.2 Å². The number of nitrogens with one attached hydrogen (secondary N) is 2. The van der Waals surface area contributed by atoms with Crippen LogP contribution in [0.1, 0.15) is 27.9 Å². The molecule has 27 heavy (non-hydrogen) atoms. The number of nitrogens with zero attached hydrogens (tertiary/aromatic N) is 2. The molecule has 4 rings (SSSR count). The molecule has 7 heteroatoms. The number of methoxy groups -OCH3 is 1. The molecule has 3 heterocycles. The number of para-hydroxylation sites is 1. The average Bonchev–Trinajstić information content (AvgIpc) is 3.36. The van der Waals surface area contributed by atoms with E-state index >= 15 is 0 Å². The average molecular weight is 366 g/mol. The van der Waals surface area contributed by atoms with Crippen molar-refractivity contribution in [3.8, 4) is 17.2 Å². The number of aromatic nitrogens is 2. The van der Waals surface area contributed by atoms with Crippen molar-refractivity contribution in [1.29, 1.82) is 0 Å². The van der Waals surface area contributed by atoms with Crippen LogP contribution in [-0.4, -0.2) is 47.7 Å². The Bertz CT molecular complexity index is 946. The lowest BCUT2D eigenvalue weighted by molar-refractivity contribution is 0.0625. The number of carbonyl (C=O) groups excluding carboxylic acids is 1. The first kappa shape index (κ1) is 17.4. The summed E-state index contributed by atoms with van der Waals surface area (Å²) in [5.41, 5.74) is 2.05. The standard InChI is InChI=1S/C20H22N4O3/c1-13-7-8-19(27-13)15-11-16(23-22-15)20(25)24-10-9-21-12-17(24)14-5-3-4-6-18(14)26-2/h3-8,11,17,21H,9-10,12H2,1-2H3,(H,22,23). The number of aromatic amines is 1. The molecule has 140 valence electrons. The third kappa shape index (κ3) is 3.33. The molecular weight excluding hydrogens is 344 g/mol. The molecule has 1 unspecified atom stereocenters. The first-order valence-electron chi connectivity index (χ1n) is 8.94. The van der Waals surface area contributed by atoms with E-state index in [-0.39, 0.29) is 11.9 Å². The van der Waals surface area contributed by atoms with Crippen LogP contribution in [0.3, 0.4) is 0 Å². The highest BCUT2D eigenvalue weighted by molar-refractivity contribution is 5.93. The highest BCUT2D eigenvalue weighted by Crippen LogP contribution is 2.31. The summed E-state index contributed by atoms with van der Waals surface area (Å²) in [7, 11) is 1.65. The van der Waals surface area contributed by atoms with Gasteiger partial charge in [-0.15, -0.1) is 0 Å². The van der Waals surface area contributed by atoms with Crippen molar-refractivity contribution in [2.24, 2.45) is 0 Å². The molecule has 1 amide bonds. The number of aryl methyl sites for hydroxylation is 1. The molecule has 1 aromatic carbocycles. The SMILES string of the molecule is COc1ccccc1C1CNCCN1C(=O)c1cc(-c2ccc(C)o2)[nH]n1. The van der Waals surface area contributed by atoms with Crippen molar-refractivity contribution >= 4 is 5.91 Å². The fraction of sp³-hybridized carbons (Fsp3) is 0.300. The van der Waals surface area contributed by atoms with E-state index in [9.17, 15) is 4.79 Å². The molecule has 1 saturated heterocycles. The van der Waals surface area contributed by atoms with Gasteiger partial charge in [-0.25, -0.2) is 0 Å². The summed E-state index contributed by atoms with van der Waals surface area (Å²) in [5.74, 6) is 2.14. The summed E-state index contributed by atoms with van der Waals surface area (Å²) in [6, 6.07) is 13.2. The van der Waals surface area contributed by atoms with Gasteiger partial charge in [0.2, 0.25) is 0 Å². The minimum Gasteiger partial charge on any atom is -0.496 e. The fourth-order valence-electron chi connectivity index (χ4n) is 3.45. The first-order chi connectivity index (χ1) is 13.2. The third-order valence-corrected chi connectivity index (χ3v) is 4.80. The number of hydrogen-bond donors (Lipinski definition) is 2. The number of rotatable bonds is 4. The van der Waals surface area contributed by atoms with Crippen LogP contribution < -0.4 is 10.1 Å². The minimum absolute atomic E-state index is 0.113. The van der Waals surface area contributed by atoms with Crippen LogP contribution in [0.5, 0.6) is 5.75 Å². The van der Waals surface area contributed by atoms with E-state index in [1.54, 1.807) is 13.2 Å². The Morgan fingerprint density at radius 1 is 1.30 bits per heavy atom. The third-order valence-electron chi connectivity index (χ3n) is 4.80. The fourth-order valence-corrected chi connectivity index (χ4v) is 3.45. The Morgan fingerprint density at radius 2 is 2.15 bits per heavy atom. The second-order valence-electron chi connectivity index (χ2n) is 6.54. The van der Waals surface area contributed by atoms with E-state index in [0.717, 1.165) is 23.6 Å². The lowest BCUT2D eigenvalue weighted by Gasteiger charge is -2.36. The van der Waals surface area contributed by atoms with Crippen molar-refractivity contribution in [1.82, 2.24) is 20.4 Å². The number of ether oxygens (including phenoxy) is 1. The summed E-state index contributed by atoms with van der Waals surface area (Å²) < 4.78 is 11.1. The Balaban J connectivity index is 1.62. The van der Waals surface area contributed by atoms with Crippen LogP contribution in [0.25, 0.3) is 11.5 Å². The van der Waals surface area contributed by atoms with Gasteiger partial charge in [0.25, 0.3) is 5.91 Å². The zero-order valence-electron chi connectivity index (χ0n) is 15.4. The lowest BCUT2D eigenvalue weighted by Crippen LogP contribution is -2.48. The molecular formula is C20H22N4O3. The van der Waals surface area contributed by atoms with E-state index in [1.807, 2.05) is 48.2 Å². The first-order valence-corrected chi connectivity index (χ1v) is 8.94. The highest BCUT2D eigenvalue weighted by atomic mass is 16.5. The van der Waals surface area contributed by atoms with Crippen LogP contribution in [0.2, 0.25) is 0 Å². The zero-order valence-corrected chi connectivity index (χ0v) is 15.4. The molecule has 3 aromatic rings. The van der Waals surface area contributed by atoms with E-state index < -0.39 is 0 Å². The topological polar surface area (TPSA) is 83.4 Å². The molecule has 2 aromatic heterocycles. The highest BCUT2D eigenvalue weighted by Gasteiger charge is 2.31. The monoisotopic (exact) mass is 366 g/mol. The second kappa shape index (κ2) is 7.28. The van der Waals surface area contributed by atoms with Crippen LogP contribution in [0, 0.1) is 6.92 Å². The Morgan fingerprint density at radius 3 is 2.93 bits per heavy atom. The predicted molar refractivity (Wildman–Crippen MR) is 101 cm³/mol. The van der Waals surface area contributed by atoms with E-state index in [0.29, 0.717) is 30.2 Å². The molecule has 0 radical (unpaired) electrons. The molecule has 1 fully saturated rings. The maximum Gasteiger partial charge on any atom is 0.274 e. The molecule has 1 atom stereocenters. The summed E-state index contributed by atoms with van der Waals surface area (Å²) in [4.78, 5) is 15.0. The molecule has 7 nitrogen and oxygen atoms in total. The van der Waals surface area contributed by atoms with Gasteiger partial charge in [-0.3, -0.25) is 9.89 Å². The smallest absolute Gasteiger partial charge is 0.274 e. The molecule has 2 N–H and O–H groups in total. The molecule has 0 aliphatic carbocycles. The summed E-state index contributed by atoms with van der Waals surface area (Å²) in [6.07, 6.45) is 0. The number of benzene rings is 1. The minimum atomic E-state index is -0.117.